The lowest BCUT2D eigenvalue weighted by Crippen LogP contribution is -2.15. The molecule has 0 spiro atoms. The smallest absolute Gasteiger partial charge is 0.246 e. The predicted molar refractivity (Wildman–Crippen MR) is 81.1 cm³/mol. The monoisotopic (exact) mass is 369 g/mol. The van der Waals surface area contributed by atoms with Crippen LogP contribution in [0.1, 0.15) is 38.6 Å². The molecule has 21 heavy (non-hydrogen) atoms. The van der Waals surface area contributed by atoms with Gasteiger partial charge in [-0.15, -0.1) is 0 Å². The van der Waals surface area contributed by atoms with Gasteiger partial charge in [-0.1, -0.05) is 32.7 Å². The van der Waals surface area contributed by atoms with Crippen molar-refractivity contribution in [3.05, 3.63) is 39.4 Å². The molecule has 0 aliphatic rings. The Morgan fingerprint density at radius 3 is 2.81 bits per heavy atom. The SMILES string of the molecule is CC(Oc1ccc(Br)cc1Cl)c1noc(C(C)(C)C#N)n1. The summed E-state index contributed by atoms with van der Waals surface area (Å²) in [5.41, 5.74) is -0.833. The lowest BCUT2D eigenvalue weighted by atomic mass is 9.96. The first kappa shape index (κ1) is 15.8. The fourth-order valence-corrected chi connectivity index (χ4v) is 2.23. The second-order valence-corrected chi connectivity index (χ2v) is 6.35. The fraction of sp³-hybridized carbons (Fsp3) is 0.357. The normalized spacial score (nSPS) is 12.8. The van der Waals surface area contributed by atoms with E-state index in [4.69, 9.17) is 26.1 Å². The molecule has 0 bridgehead atoms. The molecule has 2 aromatic rings. The van der Waals surface area contributed by atoms with Gasteiger partial charge in [-0.25, -0.2) is 0 Å². The molecule has 1 aromatic carbocycles. The van der Waals surface area contributed by atoms with Crippen molar-refractivity contribution in [1.82, 2.24) is 10.1 Å². The third-order valence-corrected chi connectivity index (χ3v) is 3.61. The highest BCUT2D eigenvalue weighted by molar-refractivity contribution is 9.10. The molecule has 2 rings (SSSR count). The zero-order valence-electron chi connectivity index (χ0n) is 11.7. The summed E-state index contributed by atoms with van der Waals surface area (Å²) in [5.74, 6) is 1.16. The first-order chi connectivity index (χ1) is 9.83. The molecule has 0 saturated heterocycles. The van der Waals surface area contributed by atoms with Gasteiger partial charge in [0.15, 0.2) is 6.10 Å². The number of aromatic nitrogens is 2. The fourth-order valence-electron chi connectivity index (χ4n) is 1.52. The van der Waals surface area contributed by atoms with Crippen molar-refractivity contribution < 1.29 is 9.26 Å². The third-order valence-electron chi connectivity index (χ3n) is 2.82. The topological polar surface area (TPSA) is 71.9 Å². The summed E-state index contributed by atoms with van der Waals surface area (Å²) in [6.45, 7) is 5.20. The van der Waals surface area contributed by atoms with Crippen LogP contribution in [0, 0.1) is 11.3 Å². The molecular weight excluding hydrogens is 358 g/mol. The number of halogens is 2. The second-order valence-electron chi connectivity index (χ2n) is 5.03. The molecule has 1 aromatic heterocycles. The zero-order chi connectivity index (χ0) is 15.6. The average Bonchev–Trinajstić information content (AvgIpc) is 2.92. The van der Waals surface area contributed by atoms with Crippen molar-refractivity contribution in [3.63, 3.8) is 0 Å². The van der Waals surface area contributed by atoms with Gasteiger partial charge in [0.25, 0.3) is 0 Å². The molecule has 0 amide bonds. The van der Waals surface area contributed by atoms with Crippen molar-refractivity contribution in [2.75, 3.05) is 0 Å². The first-order valence-corrected chi connectivity index (χ1v) is 7.37. The summed E-state index contributed by atoms with van der Waals surface area (Å²) < 4.78 is 11.7. The van der Waals surface area contributed by atoms with E-state index in [2.05, 4.69) is 32.1 Å². The van der Waals surface area contributed by atoms with Crippen molar-refractivity contribution in [3.8, 4) is 11.8 Å². The van der Waals surface area contributed by atoms with Crippen LogP contribution in [0.2, 0.25) is 5.02 Å². The summed E-state index contributed by atoms with van der Waals surface area (Å²) in [6.07, 6.45) is -0.448. The standard InChI is InChI=1S/C14H13BrClN3O2/c1-8(20-11-5-4-9(15)6-10(11)16)12-18-13(21-19-12)14(2,3)7-17/h4-6,8H,1-3H3. The molecule has 110 valence electrons. The molecule has 1 atom stereocenters. The second kappa shape index (κ2) is 6.04. The minimum atomic E-state index is -0.833. The van der Waals surface area contributed by atoms with Crippen LogP contribution in [0.3, 0.4) is 0 Å². The minimum absolute atomic E-state index is 0.261. The summed E-state index contributed by atoms with van der Waals surface area (Å²) in [5, 5.41) is 13.4. The predicted octanol–water partition coefficient (Wildman–Crippen LogP) is 4.43. The van der Waals surface area contributed by atoms with Crippen LogP contribution in [-0.2, 0) is 5.41 Å². The highest BCUT2D eigenvalue weighted by Gasteiger charge is 2.29. The zero-order valence-corrected chi connectivity index (χ0v) is 14.1. The molecule has 0 aliphatic heterocycles. The van der Waals surface area contributed by atoms with Crippen molar-refractivity contribution in [1.29, 1.82) is 5.26 Å². The Balaban J connectivity index is 2.18. The molecular formula is C14H13BrClN3O2. The lowest BCUT2D eigenvalue weighted by molar-refractivity contribution is 0.210. The van der Waals surface area contributed by atoms with Crippen LogP contribution < -0.4 is 4.74 Å². The van der Waals surface area contributed by atoms with Crippen molar-refractivity contribution in [2.45, 2.75) is 32.3 Å². The molecule has 0 N–H and O–H groups in total. The first-order valence-electron chi connectivity index (χ1n) is 6.20. The number of hydrogen-bond acceptors (Lipinski definition) is 5. The van der Waals surface area contributed by atoms with Gasteiger partial charge >= 0.3 is 0 Å². The van der Waals surface area contributed by atoms with Crippen LogP contribution in [0.4, 0.5) is 0 Å². The van der Waals surface area contributed by atoms with Crippen LogP contribution in [0.15, 0.2) is 27.2 Å². The molecule has 5 nitrogen and oxygen atoms in total. The van der Waals surface area contributed by atoms with Gasteiger partial charge in [-0.2, -0.15) is 10.2 Å². The van der Waals surface area contributed by atoms with E-state index in [0.29, 0.717) is 16.6 Å². The highest BCUT2D eigenvalue weighted by atomic mass is 79.9. The number of nitriles is 1. The Morgan fingerprint density at radius 2 is 2.19 bits per heavy atom. The van der Waals surface area contributed by atoms with Crippen LogP contribution >= 0.6 is 27.5 Å². The minimum Gasteiger partial charge on any atom is -0.481 e. The number of ether oxygens (including phenoxy) is 1. The van der Waals surface area contributed by atoms with E-state index < -0.39 is 11.5 Å². The van der Waals surface area contributed by atoms with E-state index in [0.717, 1.165) is 4.47 Å². The van der Waals surface area contributed by atoms with Gasteiger partial charge in [0.2, 0.25) is 11.7 Å². The van der Waals surface area contributed by atoms with E-state index in [1.807, 2.05) is 6.07 Å². The van der Waals surface area contributed by atoms with Gasteiger partial charge in [0, 0.05) is 4.47 Å². The van der Waals surface area contributed by atoms with Gasteiger partial charge in [0.1, 0.15) is 11.2 Å². The molecule has 0 radical (unpaired) electrons. The average molecular weight is 371 g/mol. The van der Waals surface area contributed by atoms with E-state index >= 15 is 0 Å². The maximum absolute atomic E-state index is 9.06. The summed E-state index contributed by atoms with van der Waals surface area (Å²) in [4.78, 5) is 4.22. The Hall–Kier alpha value is -1.58. The van der Waals surface area contributed by atoms with Crippen LogP contribution in [-0.4, -0.2) is 10.1 Å². The van der Waals surface area contributed by atoms with Crippen LogP contribution in [0.5, 0.6) is 5.75 Å². The summed E-state index contributed by atoms with van der Waals surface area (Å²) in [7, 11) is 0. The highest BCUT2D eigenvalue weighted by Crippen LogP contribution is 2.31. The molecule has 0 saturated carbocycles. The quantitative estimate of drug-likeness (QED) is 0.796. The maximum Gasteiger partial charge on any atom is 0.246 e. The van der Waals surface area contributed by atoms with E-state index in [-0.39, 0.29) is 5.89 Å². The third kappa shape index (κ3) is 3.55. The Labute approximate surface area is 136 Å². The number of hydrogen-bond donors (Lipinski definition) is 0. The van der Waals surface area contributed by atoms with Crippen molar-refractivity contribution >= 4 is 27.5 Å². The molecule has 0 fully saturated rings. The van der Waals surface area contributed by atoms with Gasteiger partial charge in [-0.3, -0.25) is 0 Å². The lowest BCUT2D eigenvalue weighted by Gasteiger charge is -2.12. The Kier molecular flexibility index (Phi) is 4.55. The van der Waals surface area contributed by atoms with Gasteiger partial charge in [-0.05, 0) is 39.0 Å². The Bertz CT molecular complexity index is 694. The largest absolute Gasteiger partial charge is 0.481 e. The molecule has 0 aliphatic carbocycles. The summed E-state index contributed by atoms with van der Waals surface area (Å²) >= 11 is 9.43. The van der Waals surface area contributed by atoms with E-state index in [1.165, 1.54) is 0 Å². The molecule has 1 unspecified atom stereocenters. The van der Waals surface area contributed by atoms with Crippen LogP contribution in [0.25, 0.3) is 0 Å². The van der Waals surface area contributed by atoms with E-state index in [1.54, 1.807) is 32.9 Å². The van der Waals surface area contributed by atoms with Gasteiger partial charge < -0.3 is 9.26 Å². The number of nitrogens with zero attached hydrogens (tertiary/aromatic N) is 3. The summed E-state index contributed by atoms with van der Waals surface area (Å²) in [6, 6.07) is 7.43. The molecule has 7 heteroatoms. The van der Waals surface area contributed by atoms with E-state index in [9.17, 15) is 0 Å². The number of benzene rings is 1. The van der Waals surface area contributed by atoms with Crippen molar-refractivity contribution in [2.24, 2.45) is 0 Å². The Morgan fingerprint density at radius 1 is 1.48 bits per heavy atom. The molecule has 1 heterocycles. The number of rotatable bonds is 4. The maximum atomic E-state index is 9.06. The van der Waals surface area contributed by atoms with Gasteiger partial charge in [0.05, 0.1) is 11.1 Å².